The van der Waals surface area contributed by atoms with Crippen LogP contribution in [0.2, 0.25) is 0 Å². The van der Waals surface area contributed by atoms with Crippen molar-refractivity contribution in [2.75, 3.05) is 11.9 Å². The number of anilines is 1. The molecular weight excluding hydrogens is 288 g/mol. The summed E-state index contributed by atoms with van der Waals surface area (Å²) in [6, 6.07) is 10.4. The van der Waals surface area contributed by atoms with E-state index in [0.29, 0.717) is 11.4 Å². The first-order valence-corrected chi connectivity index (χ1v) is 6.66. The number of rotatable bonds is 6. The number of aromatic nitrogens is 1. The van der Waals surface area contributed by atoms with Crippen molar-refractivity contribution in [3.8, 4) is 5.75 Å². The molecule has 0 bridgehead atoms. The largest absolute Gasteiger partial charge is 0.482 e. The minimum Gasteiger partial charge on any atom is -0.482 e. The molecule has 2 rings (SSSR count). The smallest absolute Gasteiger partial charge is 0.344 e. The zero-order valence-electron chi connectivity index (χ0n) is 12.2. The van der Waals surface area contributed by atoms with Gasteiger partial charge in [-0.2, -0.15) is 0 Å². The summed E-state index contributed by atoms with van der Waals surface area (Å²) >= 11 is 0. The van der Waals surface area contributed by atoms with Crippen molar-refractivity contribution in [2.24, 2.45) is 0 Å². The zero-order valence-corrected chi connectivity index (χ0v) is 12.2. The summed E-state index contributed by atoms with van der Waals surface area (Å²) in [4.78, 5) is 23.4. The summed E-state index contributed by atoms with van der Waals surface area (Å²) in [5.74, 6) is -0.399. The number of benzene rings is 1. The van der Waals surface area contributed by atoms with Gasteiger partial charge in [-0.25, -0.2) is 4.79 Å². The van der Waals surface area contributed by atoms with E-state index in [9.17, 15) is 9.59 Å². The monoisotopic (exact) mass is 304 g/mol. The van der Waals surface area contributed by atoms with Crippen LogP contribution in [0.25, 0.3) is 0 Å². The molecule has 1 aromatic heterocycles. The second kappa shape index (κ2) is 7.26. The minimum atomic E-state index is -0.975. The zero-order chi connectivity index (χ0) is 15.9. The molecule has 1 atom stereocenters. The highest BCUT2D eigenvalue weighted by Gasteiger charge is 2.19. The molecule has 0 spiro atoms. The number of ether oxygens (including phenoxy) is 2. The van der Waals surface area contributed by atoms with Gasteiger partial charge >= 0.3 is 5.97 Å². The van der Waals surface area contributed by atoms with E-state index in [1.54, 1.807) is 37.3 Å². The lowest BCUT2D eigenvalue weighted by molar-refractivity contribution is -0.155. The quantitative estimate of drug-likeness (QED) is 0.820. The molecule has 0 saturated carbocycles. The summed E-state index contributed by atoms with van der Waals surface area (Å²) in [7, 11) is 0. The van der Waals surface area contributed by atoms with Crippen molar-refractivity contribution in [3.63, 3.8) is 0 Å². The second-order valence-electron chi connectivity index (χ2n) is 4.56. The lowest BCUT2D eigenvalue weighted by Crippen LogP contribution is -2.31. The number of para-hydroxylation sites is 1. The van der Waals surface area contributed by atoms with E-state index >= 15 is 0 Å². The minimum absolute atomic E-state index is 0.200. The maximum atomic E-state index is 11.8. The normalized spacial score (nSPS) is 11.5. The van der Waals surface area contributed by atoms with Gasteiger partial charge in [-0.1, -0.05) is 23.4 Å². The topological polar surface area (TPSA) is 90.7 Å². The third kappa shape index (κ3) is 4.62. The van der Waals surface area contributed by atoms with Crippen LogP contribution in [-0.4, -0.2) is 29.7 Å². The van der Waals surface area contributed by atoms with E-state index in [-0.39, 0.29) is 12.5 Å². The maximum absolute atomic E-state index is 11.8. The summed E-state index contributed by atoms with van der Waals surface area (Å²) in [5, 5.41) is 6.09. The van der Waals surface area contributed by atoms with Gasteiger partial charge < -0.3 is 14.0 Å². The number of esters is 1. The van der Waals surface area contributed by atoms with Crippen LogP contribution >= 0.6 is 0 Å². The molecule has 1 amide bonds. The van der Waals surface area contributed by atoms with Gasteiger partial charge in [0, 0.05) is 6.07 Å². The van der Waals surface area contributed by atoms with Gasteiger partial charge in [-0.3, -0.25) is 10.1 Å². The van der Waals surface area contributed by atoms with Crippen LogP contribution in [0.4, 0.5) is 5.88 Å². The van der Waals surface area contributed by atoms with Crippen molar-refractivity contribution in [2.45, 2.75) is 20.0 Å². The summed E-state index contributed by atoms with van der Waals surface area (Å²) in [6.07, 6.45) is -0.975. The Morgan fingerprint density at radius 2 is 2.05 bits per heavy atom. The molecule has 0 saturated heterocycles. The molecule has 0 unspecified atom stereocenters. The molecule has 1 heterocycles. The van der Waals surface area contributed by atoms with E-state index in [1.807, 2.05) is 6.07 Å². The van der Waals surface area contributed by atoms with Crippen molar-refractivity contribution in [1.82, 2.24) is 5.16 Å². The van der Waals surface area contributed by atoms with Gasteiger partial charge in [-0.15, -0.1) is 0 Å². The molecule has 1 aromatic carbocycles. The molecule has 0 aliphatic heterocycles. The molecule has 0 aliphatic rings. The summed E-state index contributed by atoms with van der Waals surface area (Å²) < 4.78 is 15.1. The number of carbonyl (C=O) groups is 2. The highest BCUT2D eigenvalue weighted by atomic mass is 16.6. The van der Waals surface area contributed by atoms with Gasteiger partial charge in [-0.05, 0) is 26.0 Å². The summed E-state index contributed by atoms with van der Waals surface area (Å²) in [6.45, 7) is 2.91. The second-order valence-corrected chi connectivity index (χ2v) is 4.56. The van der Waals surface area contributed by atoms with Crippen molar-refractivity contribution in [1.29, 1.82) is 0 Å². The molecule has 7 nitrogen and oxygen atoms in total. The fourth-order valence-corrected chi connectivity index (χ4v) is 1.59. The van der Waals surface area contributed by atoms with Crippen LogP contribution in [0.3, 0.4) is 0 Å². The average Bonchev–Trinajstić information content (AvgIpc) is 2.91. The Balaban J connectivity index is 1.76. The van der Waals surface area contributed by atoms with Gasteiger partial charge in [0.05, 0.1) is 5.69 Å². The average molecular weight is 304 g/mol. The molecule has 2 aromatic rings. The van der Waals surface area contributed by atoms with E-state index in [2.05, 4.69) is 10.5 Å². The standard InChI is InChI=1S/C15H16N2O5/c1-10-8-13(22-17-10)16-15(19)11(2)21-14(18)9-20-12-6-4-3-5-7-12/h3-8,11H,9H2,1-2H3,(H,16,19)/t11-/m1/s1. The number of carbonyl (C=O) groups excluding carboxylic acids is 2. The number of hydrogen-bond acceptors (Lipinski definition) is 6. The third-order valence-electron chi connectivity index (χ3n) is 2.65. The van der Waals surface area contributed by atoms with Crippen LogP contribution in [0.1, 0.15) is 12.6 Å². The Hall–Kier alpha value is -2.83. The molecule has 0 aliphatic carbocycles. The van der Waals surface area contributed by atoms with Gasteiger partial charge in [0.25, 0.3) is 5.91 Å². The first kappa shape index (κ1) is 15.6. The van der Waals surface area contributed by atoms with Crippen molar-refractivity contribution in [3.05, 3.63) is 42.1 Å². The number of nitrogens with one attached hydrogen (secondary N) is 1. The molecule has 1 N–H and O–H groups in total. The Bertz CT molecular complexity index is 638. The van der Waals surface area contributed by atoms with E-state index in [1.165, 1.54) is 6.92 Å². The first-order chi connectivity index (χ1) is 10.5. The Kier molecular flexibility index (Phi) is 5.13. The van der Waals surface area contributed by atoms with Crippen LogP contribution in [0.15, 0.2) is 40.9 Å². The van der Waals surface area contributed by atoms with Gasteiger partial charge in [0.15, 0.2) is 12.7 Å². The fourth-order valence-electron chi connectivity index (χ4n) is 1.59. The lowest BCUT2D eigenvalue weighted by Gasteiger charge is -2.12. The number of aryl methyl sites for hydroxylation is 1. The Morgan fingerprint density at radius 3 is 2.68 bits per heavy atom. The molecule has 0 fully saturated rings. The fraction of sp³-hybridized carbons (Fsp3) is 0.267. The highest BCUT2D eigenvalue weighted by Crippen LogP contribution is 2.10. The highest BCUT2D eigenvalue weighted by molar-refractivity contribution is 5.94. The molecule has 22 heavy (non-hydrogen) atoms. The number of nitrogens with zero attached hydrogens (tertiary/aromatic N) is 1. The van der Waals surface area contributed by atoms with Crippen molar-refractivity contribution >= 4 is 17.8 Å². The molecular formula is C15H16N2O5. The van der Waals surface area contributed by atoms with E-state index in [0.717, 1.165) is 0 Å². The van der Waals surface area contributed by atoms with Gasteiger partial charge in [0.1, 0.15) is 5.75 Å². The van der Waals surface area contributed by atoms with E-state index < -0.39 is 18.0 Å². The number of hydrogen-bond donors (Lipinski definition) is 1. The van der Waals surface area contributed by atoms with Crippen molar-refractivity contribution < 1.29 is 23.6 Å². The Morgan fingerprint density at radius 1 is 1.32 bits per heavy atom. The molecule has 0 radical (unpaired) electrons. The lowest BCUT2D eigenvalue weighted by atomic mass is 10.3. The predicted molar refractivity (Wildman–Crippen MR) is 77.4 cm³/mol. The van der Waals surface area contributed by atoms with E-state index in [4.69, 9.17) is 14.0 Å². The maximum Gasteiger partial charge on any atom is 0.344 e. The van der Waals surface area contributed by atoms with Crippen LogP contribution in [-0.2, 0) is 14.3 Å². The van der Waals surface area contributed by atoms with Crippen LogP contribution in [0, 0.1) is 6.92 Å². The SMILES string of the molecule is Cc1cc(NC(=O)[C@@H](C)OC(=O)COc2ccccc2)on1. The molecule has 116 valence electrons. The van der Waals surface area contributed by atoms with Crippen LogP contribution in [0.5, 0.6) is 5.75 Å². The summed E-state index contributed by atoms with van der Waals surface area (Å²) in [5.41, 5.74) is 0.635. The van der Waals surface area contributed by atoms with Crippen LogP contribution < -0.4 is 10.1 Å². The first-order valence-electron chi connectivity index (χ1n) is 6.66. The third-order valence-corrected chi connectivity index (χ3v) is 2.65. The molecule has 7 heteroatoms. The van der Waals surface area contributed by atoms with Gasteiger partial charge in [0.2, 0.25) is 5.88 Å². The number of amides is 1. The predicted octanol–water partition coefficient (Wildman–Crippen LogP) is 1.93. The Labute approximate surface area is 127 Å².